The van der Waals surface area contributed by atoms with Crippen LogP contribution in [0.1, 0.15) is 0 Å². The summed E-state index contributed by atoms with van der Waals surface area (Å²) in [7, 11) is 0. The molecule has 8 nitrogen and oxygen atoms in total. The highest BCUT2D eigenvalue weighted by molar-refractivity contribution is 5.80. The summed E-state index contributed by atoms with van der Waals surface area (Å²) in [6.45, 7) is 0. The third-order valence-electron chi connectivity index (χ3n) is 5.01. The van der Waals surface area contributed by atoms with Crippen molar-refractivity contribution in [2.75, 3.05) is 45.9 Å². The molecule has 4 aromatic carbocycles. The van der Waals surface area contributed by atoms with E-state index in [-0.39, 0.29) is 0 Å². The molecular weight excluding hydrogens is 400 g/mol. The molecule has 16 N–H and O–H groups in total. The average Bonchev–Trinajstić information content (AvgIpc) is 2.76. The predicted octanol–water partition coefficient (Wildman–Crippen LogP) is 3.36. The van der Waals surface area contributed by atoms with Crippen LogP contribution in [0.25, 0.3) is 22.3 Å². The van der Waals surface area contributed by atoms with Gasteiger partial charge in [0.05, 0.1) is 45.5 Å². The van der Waals surface area contributed by atoms with Crippen LogP contribution in [0.3, 0.4) is 0 Å². The molecule has 0 radical (unpaired) electrons. The molecule has 0 aliphatic rings. The molecule has 0 fully saturated rings. The molecule has 8 heteroatoms. The summed E-state index contributed by atoms with van der Waals surface area (Å²) in [6.07, 6.45) is 0. The monoisotopic (exact) mass is 428 g/mol. The molecule has 0 aliphatic carbocycles. The minimum absolute atomic E-state index is 0.563. The van der Waals surface area contributed by atoms with Crippen LogP contribution in [0, 0.1) is 0 Å². The molecule has 32 heavy (non-hydrogen) atoms. The normalized spacial score (nSPS) is 10.2. The van der Waals surface area contributed by atoms with Gasteiger partial charge in [-0.15, -0.1) is 0 Å². The Morgan fingerprint density at radius 2 is 0.438 bits per heavy atom. The Bertz CT molecular complexity index is 1070. The topological polar surface area (TPSA) is 208 Å². The van der Waals surface area contributed by atoms with Crippen molar-refractivity contribution in [3.8, 4) is 22.3 Å². The first-order valence-electron chi connectivity index (χ1n) is 9.76. The number of benzene rings is 4. The van der Waals surface area contributed by atoms with Crippen LogP contribution in [-0.2, 0) is 0 Å². The van der Waals surface area contributed by atoms with E-state index in [1.807, 2.05) is 48.5 Å². The third kappa shape index (κ3) is 4.88. The average molecular weight is 429 g/mol. The van der Waals surface area contributed by atoms with Gasteiger partial charge < -0.3 is 45.9 Å². The fraction of sp³-hybridized carbons (Fsp3) is 0. The van der Waals surface area contributed by atoms with Gasteiger partial charge in [0.25, 0.3) is 0 Å². The lowest BCUT2D eigenvalue weighted by atomic mass is 10.0. The van der Waals surface area contributed by atoms with Crippen molar-refractivity contribution < 1.29 is 0 Å². The zero-order valence-electron chi connectivity index (χ0n) is 17.5. The SMILES string of the molecule is Nc1ccc(-c2ccc(N)c(N)c2)cc1N.Nc1ccc(-c2ccc(N)c(N)c2)cc1N. The van der Waals surface area contributed by atoms with E-state index >= 15 is 0 Å². The largest absolute Gasteiger partial charge is 0.397 e. The van der Waals surface area contributed by atoms with E-state index in [1.54, 1.807) is 24.3 Å². The Balaban J connectivity index is 0.000000181. The molecule has 0 saturated carbocycles. The minimum Gasteiger partial charge on any atom is -0.397 e. The van der Waals surface area contributed by atoms with E-state index in [0.717, 1.165) is 22.3 Å². The van der Waals surface area contributed by atoms with Gasteiger partial charge in [-0.3, -0.25) is 0 Å². The molecule has 0 atom stereocenters. The summed E-state index contributed by atoms with van der Waals surface area (Å²) in [5.74, 6) is 0. The van der Waals surface area contributed by atoms with Gasteiger partial charge in [0.1, 0.15) is 0 Å². The maximum absolute atomic E-state index is 5.74. The first kappa shape index (κ1) is 22.0. The lowest BCUT2D eigenvalue weighted by Gasteiger charge is -2.07. The second-order valence-corrected chi connectivity index (χ2v) is 7.37. The van der Waals surface area contributed by atoms with Gasteiger partial charge >= 0.3 is 0 Å². The molecule has 0 amide bonds. The van der Waals surface area contributed by atoms with Gasteiger partial charge in [0, 0.05) is 0 Å². The van der Waals surface area contributed by atoms with Crippen LogP contribution < -0.4 is 45.9 Å². The van der Waals surface area contributed by atoms with E-state index in [0.29, 0.717) is 45.5 Å². The second kappa shape index (κ2) is 8.97. The van der Waals surface area contributed by atoms with Crippen molar-refractivity contribution >= 4 is 45.5 Å². The van der Waals surface area contributed by atoms with Crippen LogP contribution in [0.4, 0.5) is 45.5 Å². The van der Waals surface area contributed by atoms with Crippen molar-refractivity contribution in [2.45, 2.75) is 0 Å². The van der Waals surface area contributed by atoms with Crippen LogP contribution in [0.2, 0.25) is 0 Å². The minimum atomic E-state index is 0.563. The van der Waals surface area contributed by atoms with Crippen LogP contribution in [0.15, 0.2) is 72.8 Å². The number of nitrogen functional groups attached to an aromatic ring is 8. The molecule has 0 aromatic heterocycles. The standard InChI is InChI=1S/2C12H14N4/c2*13-9-3-1-7(5-11(9)15)8-2-4-10(14)12(16)6-8/h2*1-6H,13-16H2. The summed E-state index contributed by atoms with van der Waals surface area (Å²) in [5, 5.41) is 0. The fourth-order valence-corrected chi connectivity index (χ4v) is 3.02. The van der Waals surface area contributed by atoms with Crippen molar-refractivity contribution in [1.29, 1.82) is 0 Å². The Morgan fingerprint density at radius 1 is 0.250 bits per heavy atom. The molecule has 0 bridgehead atoms. The first-order chi connectivity index (χ1) is 15.2. The Hall–Kier alpha value is -4.72. The number of hydrogen-bond acceptors (Lipinski definition) is 8. The van der Waals surface area contributed by atoms with Gasteiger partial charge in [-0.25, -0.2) is 0 Å². The van der Waals surface area contributed by atoms with E-state index in [9.17, 15) is 0 Å². The zero-order chi connectivity index (χ0) is 23.4. The highest BCUT2D eigenvalue weighted by Crippen LogP contribution is 2.29. The summed E-state index contributed by atoms with van der Waals surface area (Å²) >= 11 is 0. The number of rotatable bonds is 2. The highest BCUT2D eigenvalue weighted by atomic mass is 14.7. The molecule has 0 heterocycles. The van der Waals surface area contributed by atoms with Crippen molar-refractivity contribution in [2.24, 2.45) is 0 Å². The van der Waals surface area contributed by atoms with E-state index in [1.165, 1.54) is 0 Å². The number of anilines is 8. The van der Waals surface area contributed by atoms with Crippen LogP contribution in [-0.4, -0.2) is 0 Å². The maximum Gasteiger partial charge on any atom is 0.0554 e. The summed E-state index contributed by atoms with van der Waals surface area (Å²) < 4.78 is 0. The van der Waals surface area contributed by atoms with Gasteiger partial charge in [-0.2, -0.15) is 0 Å². The molecular formula is C24H28N8. The number of hydrogen-bond donors (Lipinski definition) is 8. The van der Waals surface area contributed by atoms with Gasteiger partial charge in [-0.05, 0) is 70.8 Å². The second-order valence-electron chi connectivity index (χ2n) is 7.37. The summed E-state index contributed by atoms with van der Waals surface area (Å²) in [5.41, 5.74) is 54.0. The van der Waals surface area contributed by atoms with Crippen molar-refractivity contribution in [1.82, 2.24) is 0 Å². The molecule has 164 valence electrons. The van der Waals surface area contributed by atoms with Gasteiger partial charge in [0.2, 0.25) is 0 Å². The smallest absolute Gasteiger partial charge is 0.0554 e. The fourth-order valence-electron chi connectivity index (χ4n) is 3.02. The van der Waals surface area contributed by atoms with E-state index in [4.69, 9.17) is 45.9 Å². The van der Waals surface area contributed by atoms with Crippen LogP contribution >= 0.6 is 0 Å². The summed E-state index contributed by atoms with van der Waals surface area (Å²) in [4.78, 5) is 0. The molecule has 0 unspecified atom stereocenters. The Morgan fingerprint density at radius 3 is 0.594 bits per heavy atom. The molecule has 0 spiro atoms. The Kier molecular flexibility index (Phi) is 6.16. The summed E-state index contributed by atoms with van der Waals surface area (Å²) in [6, 6.07) is 22.0. The first-order valence-corrected chi connectivity index (χ1v) is 9.76. The number of nitrogens with two attached hydrogens (primary N) is 8. The lowest BCUT2D eigenvalue weighted by molar-refractivity contribution is 1.60. The lowest BCUT2D eigenvalue weighted by Crippen LogP contribution is -1.96. The molecule has 4 rings (SSSR count). The van der Waals surface area contributed by atoms with Crippen molar-refractivity contribution in [3.05, 3.63) is 72.8 Å². The van der Waals surface area contributed by atoms with Gasteiger partial charge in [0.15, 0.2) is 0 Å². The van der Waals surface area contributed by atoms with Crippen LogP contribution in [0.5, 0.6) is 0 Å². The van der Waals surface area contributed by atoms with E-state index < -0.39 is 0 Å². The molecule has 4 aromatic rings. The highest BCUT2D eigenvalue weighted by Gasteiger charge is 2.04. The molecule has 0 aliphatic heterocycles. The third-order valence-corrected chi connectivity index (χ3v) is 5.01. The van der Waals surface area contributed by atoms with Gasteiger partial charge in [-0.1, -0.05) is 24.3 Å². The quantitative estimate of drug-likeness (QED) is 0.221. The Labute approximate surface area is 186 Å². The predicted molar refractivity (Wildman–Crippen MR) is 139 cm³/mol. The van der Waals surface area contributed by atoms with Crippen molar-refractivity contribution in [3.63, 3.8) is 0 Å². The molecule has 0 saturated heterocycles. The van der Waals surface area contributed by atoms with E-state index in [2.05, 4.69) is 0 Å². The zero-order valence-corrected chi connectivity index (χ0v) is 17.5. The maximum atomic E-state index is 5.74.